The van der Waals surface area contributed by atoms with Crippen LogP contribution in [0, 0.1) is 0 Å². The summed E-state index contributed by atoms with van der Waals surface area (Å²) in [5.41, 5.74) is 2.86. The maximum atomic E-state index is 13.3. The van der Waals surface area contributed by atoms with Crippen molar-refractivity contribution in [2.24, 2.45) is 0 Å². The first-order valence-corrected chi connectivity index (χ1v) is 12.0. The van der Waals surface area contributed by atoms with E-state index in [1.807, 2.05) is 26.0 Å². The van der Waals surface area contributed by atoms with E-state index in [2.05, 4.69) is 0 Å². The second-order valence-corrected chi connectivity index (χ2v) is 9.37. The molecular weight excluding hydrogens is 478 g/mol. The van der Waals surface area contributed by atoms with Crippen LogP contribution < -0.4 is 9.47 Å². The van der Waals surface area contributed by atoms with Gasteiger partial charge in [0.05, 0.1) is 25.8 Å². The van der Waals surface area contributed by atoms with Crippen molar-refractivity contribution in [2.75, 3.05) is 14.2 Å². The molecule has 0 saturated carbocycles. The van der Waals surface area contributed by atoms with Gasteiger partial charge in [0.15, 0.2) is 0 Å². The number of likely N-dealkylation sites (tertiary alicyclic amines) is 1. The topological polar surface area (TPSA) is 76.1 Å². The van der Waals surface area contributed by atoms with Crippen LogP contribution in [0.4, 0.5) is 0 Å². The van der Waals surface area contributed by atoms with Gasteiger partial charge in [0.25, 0.3) is 11.7 Å². The second kappa shape index (κ2) is 10.5. The molecule has 1 aliphatic rings. The number of carbonyl (C=O) groups is 2. The third-order valence-electron chi connectivity index (χ3n) is 6.36. The third kappa shape index (κ3) is 4.82. The van der Waals surface area contributed by atoms with Crippen molar-refractivity contribution in [2.45, 2.75) is 32.4 Å². The number of halogens is 1. The fraction of sp³-hybridized carbons (Fsp3) is 0.241. The van der Waals surface area contributed by atoms with Crippen LogP contribution in [0.25, 0.3) is 5.76 Å². The molecule has 1 aliphatic heterocycles. The number of hydrogen-bond acceptors (Lipinski definition) is 5. The molecule has 1 unspecified atom stereocenters. The van der Waals surface area contributed by atoms with Crippen molar-refractivity contribution < 1.29 is 24.2 Å². The van der Waals surface area contributed by atoms with E-state index in [1.54, 1.807) is 68.8 Å². The van der Waals surface area contributed by atoms with E-state index in [4.69, 9.17) is 21.1 Å². The van der Waals surface area contributed by atoms with Gasteiger partial charge in [-0.1, -0.05) is 49.7 Å². The average molecular weight is 506 g/mol. The van der Waals surface area contributed by atoms with Crippen molar-refractivity contribution in [3.05, 3.63) is 99.6 Å². The second-order valence-electron chi connectivity index (χ2n) is 8.94. The number of aliphatic hydroxyl groups is 1. The number of amides is 1. The lowest BCUT2D eigenvalue weighted by Gasteiger charge is -2.25. The molecule has 0 spiro atoms. The smallest absolute Gasteiger partial charge is 0.295 e. The molecule has 3 aromatic carbocycles. The Morgan fingerprint density at radius 1 is 0.972 bits per heavy atom. The van der Waals surface area contributed by atoms with E-state index in [-0.39, 0.29) is 23.8 Å². The van der Waals surface area contributed by atoms with Crippen LogP contribution in [0.1, 0.15) is 48.1 Å². The molecule has 0 bridgehead atoms. The van der Waals surface area contributed by atoms with E-state index in [1.165, 1.54) is 4.90 Å². The van der Waals surface area contributed by atoms with Gasteiger partial charge < -0.3 is 19.5 Å². The molecule has 36 heavy (non-hydrogen) atoms. The SMILES string of the molecule is COc1ccc(CN2C(=O)C(=O)/C(=C(\O)c3ccc(OC)c(C(C)C)c3)C2c2ccc(Cl)cc2)cc1. The number of methoxy groups -OCH3 is 2. The van der Waals surface area contributed by atoms with E-state index >= 15 is 0 Å². The standard InChI is InChI=1S/C29H28ClNO5/c1-17(2)23-15-20(9-14-24(23)36-4)27(32)25-26(19-7-10-21(30)11-8-19)31(29(34)28(25)33)16-18-5-12-22(35-3)13-6-18/h5-15,17,26,32H,16H2,1-4H3/b27-25-. The molecule has 0 aromatic heterocycles. The molecule has 1 heterocycles. The summed E-state index contributed by atoms with van der Waals surface area (Å²) in [6, 6.07) is 18.7. The van der Waals surface area contributed by atoms with E-state index < -0.39 is 17.7 Å². The fourth-order valence-corrected chi connectivity index (χ4v) is 4.58. The zero-order valence-electron chi connectivity index (χ0n) is 20.6. The van der Waals surface area contributed by atoms with Crippen LogP contribution in [0.2, 0.25) is 5.02 Å². The molecule has 3 aromatic rings. The lowest BCUT2D eigenvalue weighted by Crippen LogP contribution is -2.29. The van der Waals surface area contributed by atoms with Crippen molar-refractivity contribution in [1.29, 1.82) is 0 Å². The fourth-order valence-electron chi connectivity index (χ4n) is 4.45. The van der Waals surface area contributed by atoms with Gasteiger partial charge in [-0.05, 0) is 65.1 Å². The Morgan fingerprint density at radius 3 is 2.22 bits per heavy atom. The zero-order valence-corrected chi connectivity index (χ0v) is 21.4. The minimum atomic E-state index is -0.783. The Kier molecular flexibility index (Phi) is 7.36. The molecule has 6 nitrogen and oxygen atoms in total. The molecule has 186 valence electrons. The van der Waals surface area contributed by atoms with Gasteiger partial charge in [-0.15, -0.1) is 0 Å². The number of rotatable bonds is 7. The molecule has 1 atom stereocenters. The Hall–Kier alpha value is -3.77. The summed E-state index contributed by atoms with van der Waals surface area (Å²) < 4.78 is 10.7. The summed E-state index contributed by atoms with van der Waals surface area (Å²) in [6.07, 6.45) is 0. The quantitative estimate of drug-likeness (QED) is 0.238. The van der Waals surface area contributed by atoms with Gasteiger partial charge in [-0.2, -0.15) is 0 Å². The predicted molar refractivity (Wildman–Crippen MR) is 139 cm³/mol. The molecule has 1 fully saturated rings. The summed E-state index contributed by atoms with van der Waals surface area (Å²) in [4.78, 5) is 28.1. The van der Waals surface area contributed by atoms with Crippen molar-refractivity contribution >= 4 is 29.1 Å². The van der Waals surface area contributed by atoms with Gasteiger partial charge in [0.1, 0.15) is 17.3 Å². The van der Waals surface area contributed by atoms with Crippen molar-refractivity contribution in [1.82, 2.24) is 4.90 Å². The number of benzene rings is 3. The first-order chi connectivity index (χ1) is 17.2. The molecule has 1 amide bonds. The molecule has 0 radical (unpaired) electrons. The van der Waals surface area contributed by atoms with Gasteiger partial charge in [-0.3, -0.25) is 9.59 Å². The van der Waals surface area contributed by atoms with Crippen LogP contribution >= 0.6 is 11.6 Å². The Labute approximate surface area is 215 Å². The highest BCUT2D eigenvalue weighted by Gasteiger charge is 2.46. The number of hydrogen-bond donors (Lipinski definition) is 1. The number of aliphatic hydroxyl groups excluding tert-OH is 1. The van der Waals surface area contributed by atoms with Crippen molar-refractivity contribution in [3.8, 4) is 11.5 Å². The highest BCUT2D eigenvalue weighted by atomic mass is 35.5. The minimum absolute atomic E-state index is 0.0377. The van der Waals surface area contributed by atoms with Crippen molar-refractivity contribution in [3.63, 3.8) is 0 Å². The minimum Gasteiger partial charge on any atom is -0.507 e. The molecule has 1 N–H and O–H groups in total. The summed E-state index contributed by atoms with van der Waals surface area (Å²) in [7, 11) is 3.17. The maximum Gasteiger partial charge on any atom is 0.295 e. The van der Waals surface area contributed by atoms with Crippen LogP contribution in [0.15, 0.2) is 72.3 Å². The van der Waals surface area contributed by atoms with Gasteiger partial charge in [-0.25, -0.2) is 0 Å². The number of ketones is 1. The van der Waals surface area contributed by atoms with Gasteiger partial charge in [0.2, 0.25) is 0 Å². The van der Waals surface area contributed by atoms with E-state index in [0.717, 1.165) is 11.1 Å². The lowest BCUT2D eigenvalue weighted by atomic mass is 9.93. The maximum absolute atomic E-state index is 13.3. The summed E-state index contributed by atoms with van der Waals surface area (Å²) in [5.74, 6) is -0.133. The number of carbonyl (C=O) groups excluding carboxylic acids is 2. The Bertz CT molecular complexity index is 1310. The lowest BCUT2D eigenvalue weighted by molar-refractivity contribution is -0.140. The number of ether oxygens (including phenoxy) is 2. The van der Waals surface area contributed by atoms with Crippen LogP contribution in [-0.4, -0.2) is 35.9 Å². The largest absolute Gasteiger partial charge is 0.507 e. The third-order valence-corrected chi connectivity index (χ3v) is 6.61. The van der Waals surface area contributed by atoms with Crippen LogP contribution in [0.3, 0.4) is 0 Å². The molecule has 1 saturated heterocycles. The monoisotopic (exact) mass is 505 g/mol. The first kappa shape index (κ1) is 25.3. The van der Waals surface area contributed by atoms with Crippen LogP contribution in [0.5, 0.6) is 11.5 Å². The number of nitrogens with zero attached hydrogens (tertiary/aromatic N) is 1. The average Bonchev–Trinajstić information content (AvgIpc) is 3.13. The molecular formula is C29H28ClNO5. The summed E-state index contributed by atoms with van der Waals surface area (Å²) in [5, 5.41) is 11.9. The molecule has 0 aliphatic carbocycles. The zero-order chi connectivity index (χ0) is 26.0. The summed E-state index contributed by atoms with van der Waals surface area (Å²) >= 11 is 6.11. The Balaban J connectivity index is 1.85. The predicted octanol–water partition coefficient (Wildman–Crippen LogP) is 6.10. The first-order valence-electron chi connectivity index (χ1n) is 11.6. The Morgan fingerprint density at radius 2 is 1.64 bits per heavy atom. The normalized spacial score (nSPS) is 17.1. The molecule has 7 heteroatoms. The van der Waals surface area contributed by atoms with E-state index in [0.29, 0.717) is 27.6 Å². The van der Waals surface area contributed by atoms with E-state index in [9.17, 15) is 14.7 Å². The number of Topliss-reactive ketones (excluding diaryl/α,β-unsaturated/α-hetero) is 1. The van der Waals surface area contributed by atoms with Crippen LogP contribution in [-0.2, 0) is 16.1 Å². The molecule has 4 rings (SSSR count). The van der Waals surface area contributed by atoms with Gasteiger partial charge >= 0.3 is 0 Å². The highest BCUT2D eigenvalue weighted by Crippen LogP contribution is 2.41. The summed E-state index contributed by atoms with van der Waals surface area (Å²) in [6.45, 7) is 4.21. The highest BCUT2D eigenvalue weighted by molar-refractivity contribution is 6.46. The van der Waals surface area contributed by atoms with Gasteiger partial charge in [0, 0.05) is 17.1 Å².